The number of ether oxygens (including phenoxy) is 1. The summed E-state index contributed by atoms with van der Waals surface area (Å²) in [5, 5.41) is 23.0. The molecule has 0 aliphatic carbocycles. The Hall–Kier alpha value is -0.950. The Kier molecular flexibility index (Phi) is 6.42. The summed E-state index contributed by atoms with van der Waals surface area (Å²) in [6.45, 7) is 0.848. The summed E-state index contributed by atoms with van der Waals surface area (Å²) in [6, 6.07) is 7.50. The molecule has 0 saturated carbocycles. The van der Waals surface area contributed by atoms with Gasteiger partial charge in [-0.3, -0.25) is 0 Å². The molecule has 0 fully saturated rings. The molecule has 1 aliphatic rings. The van der Waals surface area contributed by atoms with Crippen molar-refractivity contribution >= 4 is 44.3 Å². The molecule has 1 heterocycles. The van der Waals surface area contributed by atoms with E-state index >= 15 is 0 Å². The lowest BCUT2D eigenvalue weighted by atomic mass is 9.90. The van der Waals surface area contributed by atoms with Gasteiger partial charge in [0.15, 0.2) is 11.5 Å². The average Bonchev–Trinajstić information content (AvgIpc) is 2.49. The Balaban J connectivity index is 0.00000208. The van der Waals surface area contributed by atoms with Gasteiger partial charge in [-0.15, -0.1) is 12.4 Å². The number of hydrogen-bond acceptors (Lipinski definition) is 4. The zero-order chi connectivity index (χ0) is 16.6. The Bertz CT molecular complexity index is 732. The van der Waals surface area contributed by atoms with Crippen LogP contribution < -0.4 is 10.1 Å². The molecule has 0 aromatic heterocycles. The van der Waals surface area contributed by atoms with Gasteiger partial charge in [-0.25, -0.2) is 0 Å². The summed E-state index contributed by atoms with van der Waals surface area (Å²) < 4.78 is 7.13. The van der Waals surface area contributed by atoms with Crippen molar-refractivity contribution in [3.63, 3.8) is 0 Å². The van der Waals surface area contributed by atoms with Gasteiger partial charge in [0.05, 0.1) is 16.1 Å². The van der Waals surface area contributed by atoms with Crippen LogP contribution in [0.5, 0.6) is 17.2 Å². The number of aromatic hydroxyl groups is 2. The maximum Gasteiger partial charge on any atom is 0.157 e. The molecule has 0 amide bonds. The fourth-order valence-corrected chi connectivity index (χ4v) is 4.62. The van der Waals surface area contributed by atoms with Gasteiger partial charge >= 0.3 is 0 Å². The SMILES string of the molecule is COc1c(Br)cc(CC2NCCc3cc(O)c(O)cc32)cc1Br.Cl. The quantitative estimate of drug-likeness (QED) is 0.568. The maximum atomic E-state index is 9.81. The van der Waals surface area contributed by atoms with E-state index in [0.29, 0.717) is 0 Å². The Morgan fingerprint density at radius 2 is 1.75 bits per heavy atom. The molecule has 0 bridgehead atoms. The van der Waals surface area contributed by atoms with E-state index in [1.54, 1.807) is 19.2 Å². The van der Waals surface area contributed by atoms with Crippen molar-refractivity contribution in [3.8, 4) is 17.2 Å². The minimum atomic E-state index is -0.0745. The standard InChI is InChI=1S/C17H17Br2NO3.ClH/c1-23-17-12(18)4-9(5-13(17)19)6-14-11-8-16(22)15(21)7-10(11)2-3-20-14;/h4-5,7-8,14,20-22H,2-3,6H2,1H3;1H. The molecular weight excluding hydrogens is 461 g/mol. The molecule has 130 valence electrons. The van der Waals surface area contributed by atoms with Gasteiger partial charge in [0, 0.05) is 6.04 Å². The number of fused-ring (bicyclic) bond motifs is 1. The summed E-state index contributed by atoms with van der Waals surface area (Å²) in [5.74, 6) is 0.641. The largest absolute Gasteiger partial charge is 0.504 e. The van der Waals surface area contributed by atoms with E-state index in [0.717, 1.165) is 50.8 Å². The fraction of sp³-hybridized carbons (Fsp3) is 0.294. The highest BCUT2D eigenvalue weighted by molar-refractivity contribution is 9.11. The second kappa shape index (κ2) is 7.95. The van der Waals surface area contributed by atoms with E-state index in [2.05, 4.69) is 37.2 Å². The van der Waals surface area contributed by atoms with E-state index < -0.39 is 0 Å². The lowest BCUT2D eigenvalue weighted by Crippen LogP contribution is -2.31. The minimum absolute atomic E-state index is 0. The van der Waals surface area contributed by atoms with Crippen LogP contribution in [0.4, 0.5) is 0 Å². The predicted molar refractivity (Wildman–Crippen MR) is 104 cm³/mol. The first kappa shape index (κ1) is 19.4. The van der Waals surface area contributed by atoms with Gasteiger partial charge in [0.25, 0.3) is 0 Å². The number of hydrogen-bond donors (Lipinski definition) is 3. The van der Waals surface area contributed by atoms with Crippen molar-refractivity contribution in [3.05, 3.63) is 49.9 Å². The summed E-state index contributed by atoms with van der Waals surface area (Å²) in [7, 11) is 1.64. The topological polar surface area (TPSA) is 61.7 Å². The van der Waals surface area contributed by atoms with Crippen molar-refractivity contribution in [2.75, 3.05) is 13.7 Å². The smallest absolute Gasteiger partial charge is 0.157 e. The molecule has 3 N–H and O–H groups in total. The summed E-state index contributed by atoms with van der Waals surface area (Å²) in [6.07, 6.45) is 1.62. The third kappa shape index (κ3) is 3.82. The van der Waals surface area contributed by atoms with E-state index in [9.17, 15) is 10.2 Å². The molecule has 24 heavy (non-hydrogen) atoms. The molecule has 1 aliphatic heterocycles. The summed E-state index contributed by atoms with van der Waals surface area (Å²) in [5.41, 5.74) is 3.26. The van der Waals surface area contributed by atoms with Crippen molar-refractivity contribution in [2.45, 2.75) is 18.9 Å². The number of rotatable bonds is 3. The third-order valence-electron chi connectivity index (χ3n) is 4.10. The highest BCUT2D eigenvalue weighted by Crippen LogP contribution is 2.38. The van der Waals surface area contributed by atoms with Crippen molar-refractivity contribution in [1.29, 1.82) is 0 Å². The van der Waals surface area contributed by atoms with Crippen LogP contribution in [0, 0.1) is 0 Å². The molecule has 4 nitrogen and oxygen atoms in total. The highest BCUT2D eigenvalue weighted by Gasteiger charge is 2.22. The minimum Gasteiger partial charge on any atom is -0.504 e. The van der Waals surface area contributed by atoms with Crippen molar-refractivity contribution < 1.29 is 14.9 Å². The van der Waals surface area contributed by atoms with Crippen LogP contribution in [0.2, 0.25) is 0 Å². The molecule has 2 aromatic rings. The highest BCUT2D eigenvalue weighted by atomic mass is 79.9. The van der Waals surface area contributed by atoms with E-state index in [4.69, 9.17) is 4.74 Å². The van der Waals surface area contributed by atoms with Gasteiger partial charge in [-0.05, 0) is 92.2 Å². The van der Waals surface area contributed by atoms with Crippen LogP contribution >= 0.6 is 44.3 Å². The molecule has 0 saturated heterocycles. The number of halogens is 3. The normalized spacial score (nSPS) is 16.2. The molecule has 0 spiro atoms. The first-order valence-corrected chi connectivity index (χ1v) is 8.88. The number of methoxy groups -OCH3 is 1. The number of phenols is 2. The van der Waals surface area contributed by atoms with Crippen molar-refractivity contribution in [1.82, 2.24) is 5.32 Å². The van der Waals surface area contributed by atoms with Crippen LogP contribution in [0.3, 0.4) is 0 Å². The van der Waals surface area contributed by atoms with Gasteiger partial charge in [0.2, 0.25) is 0 Å². The zero-order valence-electron chi connectivity index (χ0n) is 13.0. The van der Waals surface area contributed by atoms with Crippen LogP contribution in [0.15, 0.2) is 33.2 Å². The first-order valence-electron chi connectivity index (χ1n) is 7.29. The van der Waals surface area contributed by atoms with E-state index in [1.807, 2.05) is 12.1 Å². The van der Waals surface area contributed by atoms with Gasteiger partial charge < -0.3 is 20.3 Å². The van der Waals surface area contributed by atoms with Gasteiger partial charge in [-0.1, -0.05) is 0 Å². The summed E-state index contributed by atoms with van der Waals surface area (Å²) in [4.78, 5) is 0. The van der Waals surface area contributed by atoms with Crippen LogP contribution in [-0.2, 0) is 12.8 Å². The number of nitrogens with one attached hydrogen (secondary N) is 1. The predicted octanol–water partition coefficient (Wildman–Crippen LogP) is 4.48. The number of phenolic OH excluding ortho intramolecular Hbond substituents is 2. The monoisotopic (exact) mass is 477 g/mol. The average molecular weight is 480 g/mol. The lowest BCUT2D eigenvalue weighted by molar-refractivity contribution is 0.398. The second-order valence-electron chi connectivity index (χ2n) is 5.59. The number of benzene rings is 2. The first-order chi connectivity index (χ1) is 11.0. The third-order valence-corrected chi connectivity index (χ3v) is 5.28. The van der Waals surface area contributed by atoms with E-state index in [-0.39, 0.29) is 29.9 Å². The Morgan fingerprint density at radius 1 is 1.12 bits per heavy atom. The molecule has 1 atom stereocenters. The Labute approximate surface area is 163 Å². The molecule has 3 rings (SSSR count). The molecular formula is C17H18Br2ClNO3. The zero-order valence-corrected chi connectivity index (χ0v) is 17.0. The van der Waals surface area contributed by atoms with Crippen LogP contribution in [-0.4, -0.2) is 23.9 Å². The van der Waals surface area contributed by atoms with Gasteiger partial charge in [-0.2, -0.15) is 0 Å². The molecule has 7 heteroatoms. The fourth-order valence-electron chi connectivity index (χ4n) is 3.01. The molecule has 2 aromatic carbocycles. The van der Waals surface area contributed by atoms with Gasteiger partial charge in [0.1, 0.15) is 5.75 Å². The van der Waals surface area contributed by atoms with Crippen molar-refractivity contribution in [2.24, 2.45) is 0 Å². The second-order valence-corrected chi connectivity index (χ2v) is 7.30. The Morgan fingerprint density at radius 3 is 2.38 bits per heavy atom. The summed E-state index contributed by atoms with van der Waals surface area (Å²) >= 11 is 7.05. The van der Waals surface area contributed by atoms with E-state index in [1.165, 1.54) is 0 Å². The van der Waals surface area contributed by atoms with Crippen LogP contribution in [0.25, 0.3) is 0 Å². The van der Waals surface area contributed by atoms with Crippen LogP contribution in [0.1, 0.15) is 22.7 Å². The molecule has 1 unspecified atom stereocenters. The maximum absolute atomic E-state index is 9.81. The lowest BCUT2D eigenvalue weighted by Gasteiger charge is -2.27. The molecule has 0 radical (unpaired) electrons.